The molecule has 1 unspecified atom stereocenters. The van der Waals surface area contributed by atoms with E-state index < -0.39 is 0 Å². The van der Waals surface area contributed by atoms with Gasteiger partial charge in [-0.15, -0.1) is 0 Å². The summed E-state index contributed by atoms with van der Waals surface area (Å²) in [6.07, 6.45) is 3.82. The average Bonchev–Trinajstić information content (AvgIpc) is 2.62. The van der Waals surface area contributed by atoms with Crippen LogP contribution in [-0.4, -0.2) is 29.8 Å². The molecule has 126 valence electrons. The van der Waals surface area contributed by atoms with E-state index in [9.17, 15) is 4.79 Å². The molecule has 0 aliphatic rings. The van der Waals surface area contributed by atoms with Crippen LogP contribution in [0.2, 0.25) is 0 Å². The predicted molar refractivity (Wildman–Crippen MR) is 95.3 cm³/mol. The van der Waals surface area contributed by atoms with Crippen LogP contribution in [0.3, 0.4) is 0 Å². The van der Waals surface area contributed by atoms with Crippen molar-refractivity contribution in [3.8, 4) is 5.75 Å². The lowest BCUT2D eigenvalue weighted by Crippen LogP contribution is -2.36. The van der Waals surface area contributed by atoms with Gasteiger partial charge in [-0.25, -0.2) is 5.43 Å². The SMILES string of the molecule is CCOc1ccc(NC(CC)C(=O)N/N=C/c2ccccn2)cc1. The molecule has 2 N–H and O–H groups in total. The molecule has 0 aliphatic carbocycles. The largest absolute Gasteiger partial charge is 0.494 e. The van der Waals surface area contributed by atoms with Gasteiger partial charge >= 0.3 is 0 Å². The van der Waals surface area contributed by atoms with Crippen LogP contribution in [0.5, 0.6) is 5.75 Å². The Kier molecular flexibility index (Phi) is 6.76. The molecule has 0 saturated heterocycles. The van der Waals surface area contributed by atoms with Gasteiger partial charge in [-0.05, 0) is 49.7 Å². The summed E-state index contributed by atoms with van der Waals surface area (Å²) in [6, 6.07) is 12.6. The topological polar surface area (TPSA) is 75.6 Å². The highest BCUT2D eigenvalue weighted by molar-refractivity contribution is 5.86. The summed E-state index contributed by atoms with van der Waals surface area (Å²) < 4.78 is 5.40. The van der Waals surface area contributed by atoms with E-state index in [0.29, 0.717) is 18.7 Å². The van der Waals surface area contributed by atoms with E-state index in [-0.39, 0.29) is 11.9 Å². The first-order valence-corrected chi connectivity index (χ1v) is 7.96. The maximum atomic E-state index is 12.2. The van der Waals surface area contributed by atoms with Crippen LogP contribution in [0, 0.1) is 0 Å². The van der Waals surface area contributed by atoms with E-state index in [1.54, 1.807) is 6.20 Å². The first-order chi connectivity index (χ1) is 11.7. The van der Waals surface area contributed by atoms with Crippen molar-refractivity contribution in [2.75, 3.05) is 11.9 Å². The Bertz CT molecular complexity index is 656. The van der Waals surface area contributed by atoms with Gasteiger partial charge in [-0.1, -0.05) is 13.0 Å². The molecule has 1 amide bonds. The molecule has 0 fully saturated rings. The lowest BCUT2D eigenvalue weighted by atomic mass is 10.2. The fourth-order valence-electron chi connectivity index (χ4n) is 2.06. The molecule has 1 aromatic carbocycles. The minimum Gasteiger partial charge on any atom is -0.494 e. The van der Waals surface area contributed by atoms with Crippen LogP contribution in [0.25, 0.3) is 0 Å². The molecule has 1 heterocycles. The second-order valence-corrected chi connectivity index (χ2v) is 5.05. The van der Waals surface area contributed by atoms with Gasteiger partial charge in [0.2, 0.25) is 0 Å². The number of amides is 1. The third kappa shape index (κ3) is 5.39. The van der Waals surface area contributed by atoms with Crippen LogP contribution in [-0.2, 0) is 4.79 Å². The van der Waals surface area contributed by atoms with Gasteiger partial charge in [0.05, 0.1) is 18.5 Å². The van der Waals surface area contributed by atoms with Crippen molar-refractivity contribution in [1.82, 2.24) is 10.4 Å². The smallest absolute Gasteiger partial charge is 0.262 e. The molecule has 2 aromatic rings. The van der Waals surface area contributed by atoms with Crippen LogP contribution < -0.4 is 15.5 Å². The van der Waals surface area contributed by atoms with E-state index in [1.807, 2.05) is 56.3 Å². The first-order valence-electron chi connectivity index (χ1n) is 7.96. The quantitative estimate of drug-likeness (QED) is 0.578. The van der Waals surface area contributed by atoms with Gasteiger partial charge < -0.3 is 10.1 Å². The van der Waals surface area contributed by atoms with E-state index >= 15 is 0 Å². The zero-order valence-corrected chi connectivity index (χ0v) is 13.9. The summed E-state index contributed by atoms with van der Waals surface area (Å²) in [4.78, 5) is 16.3. The number of hydrazone groups is 1. The van der Waals surface area contributed by atoms with E-state index in [4.69, 9.17) is 4.74 Å². The number of anilines is 1. The highest BCUT2D eigenvalue weighted by Gasteiger charge is 2.15. The van der Waals surface area contributed by atoms with Crippen molar-refractivity contribution in [3.05, 3.63) is 54.4 Å². The fourth-order valence-corrected chi connectivity index (χ4v) is 2.06. The number of hydrogen-bond donors (Lipinski definition) is 2. The molecule has 0 saturated carbocycles. The monoisotopic (exact) mass is 326 g/mol. The average molecular weight is 326 g/mol. The van der Waals surface area contributed by atoms with Crippen LogP contribution in [0.1, 0.15) is 26.0 Å². The van der Waals surface area contributed by atoms with E-state index in [1.165, 1.54) is 6.21 Å². The fraction of sp³-hybridized carbons (Fsp3) is 0.278. The number of carbonyl (C=O) groups is 1. The number of nitrogens with zero attached hydrogens (tertiary/aromatic N) is 2. The third-order valence-electron chi connectivity index (χ3n) is 3.29. The first kappa shape index (κ1) is 17.5. The van der Waals surface area contributed by atoms with E-state index in [2.05, 4.69) is 20.8 Å². The summed E-state index contributed by atoms with van der Waals surface area (Å²) in [5, 5.41) is 7.13. The van der Waals surface area contributed by atoms with Crippen molar-refractivity contribution < 1.29 is 9.53 Å². The summed E-state index contributed by atoms with van der Waals surface area (Å²) in [7, 11) is 0. The van der Waals surface area contributed by atoms with Gasteiger partial charge in [0.15, 0.2) is 0 Å². The maximum absolute atomic E-state index is 12.2. The minimum atomic E-state index is -0.371. The van der Waals surface area contributed by atoms with Crippen molar-refractivity contribution in [2.24, 2.45) is 5.10 Å². The highest BCUT2D eigenvalue weighted by Crippen LogP contribution is 2.17. The third-order valence-corrected chi connectivity index (χ3v) is 3.29. The highest BCUT2D eigenvalue weighted by atomic mass is 16.5. The second kappa shape index (κ2) is 9.29. The molecule has 6 nitrogen and oxygen atoms in total. The normalized spacial score (nSPS) is 11.9. The molecule has 0 spiro atoms. The Labute approximate surface area is 142 Å². The molecule has 6 heteroatoms. The molecule has 1 atom stereocenters. The Morgan fingerprint density at radius 2 is 2.04 bits per heavy atom. The number of carbonyl (C=O) groups excluding carboxylic acids is 1. The molecule has 24 heavy (non-hydrogen) atoms. The summed E-state index contributed by atoms with van der Waals surface area (Å²) in [5.41, 5.74) is 4.08. The van der Waals surface area contributed by atoms with Crippen LogP contribution in [0.15, 0.2) is 53.8 Å². The van der Waals surface area contributed by atoms with Gasteiger partial charge in [-0.3, -0.25) is 9.78 Å². The molecular formula is C18H22N4O2. The van der Waals surface area contributed by atoms with Gasteiger partial charge in [0.1, 0.15) is 11.8 Å². The van der Waals surface area contributed by atoms with Gasteiger partial charge in [-0.2, -0.15) is 5.10 Å². The maximum Gasteiger partial charge on any atom is 0.262 e. The summed E-state index contributed by atoms with van der Waals surface area (Å²) in [5.74, 6) is 0.610. The molecule has 0 bridgehead atoms. The predicted octanol–water partition coefficient (Wildman–Crippen LogP) is 2.82. The number of benzene rings is 1. The van der Waals surface area contributed by atoms with Crippen LogP contribution >= 0.6 is 0 Å². The van der Waals surface area contributed by atoms with Crippen molar-refractivity contribution in [1.29, 1.82) is 0 Å². The minimum absolute atomic E-state index is 0.196. The Balaban J connectivity index is 1.90. The lowest BCUT2D eigenvalue weighted by molar-refractivity contribution is -0.121. The van der Waals surface area contributed by atoms with Crippen molar-refractivity contribution in [2.45, 2.75) is 26.3 Å². The van der Waals surface area contributed by atoms with E-state index in [0.717, 1.165) is 11.4 Å². The zero-order chi connectivity index (χ0) is 17.2. The molecule has 1 aromatic heterocycles. The number of hydrogen-bond acceptors (Lipinski definition) is 5. The van der Waals surface area contributed by atoms with Crippen LogP contribution in [0.4, 0.5) is 5.69 Å². The number of aromatic nitrogens is 1. The molecule has 0 radical (unpaired) electrons. The number of rotatable bonds is 8. The Morgan fingerprint density at radius 1 is 1.25 bits per heavy atom. The molecule has 2 rings (SSSR count). The van der Waals surface area contributed by atoms with Gasteiger partial charge in [0, 0.05) is 11.9 Å². The number of nitrogens with one attached hydrogen (secondary N) is 2. The summed E-state index contributed by atoms with van der Waals surface area (Å²) in [6.45, 7) is 4.50. The Morgan fingerprint density at radius 3 is 2.67 bits per heavy atom. The molecular weight excluding hydrogens is 304 g/mol. The lowest BCUT2D eigenvalue weighted by Gasteiger charge is -2.16. The van der Waals surface area contributed by atoms with Crippen molar-refractivity contribution in [3.63, 3.8) is 0 Å². The second-order valence-electron chi connectivity index (χ2n) is 5.05. The standard InChI is InChI=1S/C18H22N4O2/c1-3-17(21-14-8-10-16(11-9-14)24-4-2)18(23)22-20-13-15-7-5-6-12-19-15/h5-13,17,21H,3-4H2,1-2H3,(H,22,23)/b20-13+. The molecule has 0 aliphatic heterocycles. The number of ether oxygens (including phenoxy) is 1. The van der Waals surface area contributed by atoms with Gasteiger partial charge in [0.25, 0.3) is 5.91 Å². The van der Waals surface area contributed by atoms with Crippen molar-refractivity contribution >= 4 is 17.8 Å². The number of pyridine rings is 1. The summed E-state index contributed by atoms with van der Waals surface area (Å²) >= 11 is 0. The zero-order valence-electron chi connectivity index (χ0n) is 13.9. The Hall–Kier alpha value is -2.89.